The van der Waals surface area contributed by atoms with Gasteiger partial charge in [0.05, 0.1) is 31.0 Å². The average Bonchev–Trinajstić information content (AvgIpc) is 2.91. The molecule has 1 aliphatic heterocycles. The third-order valence-electron chi connectivity index (χ3n) is 13.2. The lowest BCUT2D eigenvalue weighted by Crippen LogP contribution is -2.70. The maximum atomic E-state index is 7.69. The molecule has 50 heavy (non-hydrogen) atoms. The van der Waals surface area contributed by atoms with E-state index in [0.717, 1.165) is 25.9 Å². The molecule has 0 saturated carbocycles. The van der Waals surface area contributed by atoms with Gasteiger partial charge in [-0.1, -0.05) is 107 Å². The second-order valence-electron chi connectivity index (χ2n) is 21.3. The molecule has 6 nitrogen and oxygen atoms in total. The predicted octanol–water partition coefficient (Wildman–Crippen LogP) is 10.6. The zero-order valence-electron chi connectivity index (χ0n) is 36.5. The summed E-state index contributed by atoms with van der Waals surface area (Å²) in [6.45, 7) is 50.2. The fourth-order valence-electron chi connectivity index (χ4n) is 5.37. The first-order valence-electron chi connectivity index (χ1n) is 19.5. The molecule has 1 aromatic carbocycles. The van der Waals surface area contributed by atoms with Gasteiger partial charge < -0.3 is 23.4 Å². The Hall–Kier alpha value is -0.152. The maximum absolute atomic E-state index is 7.69. The highest BCUT2D eigenvalue weighted by Gasteiger charge is 2.55. The molecule has 0 bridgehead atoms. The Morgan fingerprint density at radius 3 is 1.36 bits per heavy atom. The van der Waals surface area contributed by atoms with Crippen molar-refractivity contribution in [3.8, 4) is 0 Å². The van der Waals surface area contributed by atoms with E-state index in [0.29, 0.717) is 13.2 Å². The molecule has 0 spiro atoms. The Morgan fingerprint density at radius 1 is 0.580 bits per heavy atom. The third-order valence-corrected chi connectivity index (χ3v) is 31.2. The molecule has 1 saturated heterocycles. The van der Waals surface area contributed by atoms with Crippen LogP contribution in [0.2, 0.25) is 72.5 Å². The topological polar surface area (TPSA) is 66.2 Å². The van der Waals surface area contributed by atoms with E-state index in [9.17, 15) is 0 Å². The van der Waals surface area contributed by atoms with E-state index < -0.39 is 33.3 Å². The van der Waals surface area contributed by atoms with Crippen molar-refractivity contribution in [2.24, 2.45) is 5.73 Å². The largest absolute Gasteiger partial charge is 0.415 e. The van der Waals surface area contributed by atoms with E-state index in [2.05, 4.69) is 165 Å². The van der Waals surface area contributed by atoms with Gasteiger partial charge in [-0.05, 0) is 103 Å². The van der Waals surface area contributed by atoms with Crippen molar-refractivity contribution < 1.29 is 17.7 Å². The summed E-state index contributed by atoms with van der Waals surface area (Å²) in [5.74, 6) is 0. The lowest BCUT2D eigenvalue weighted by molar-refractivity contribution is -0.128. The zero-order chi connectivity index (χ0) is 38.9. The molecule has 1 aromatic rings. The molecule has 0 aliphatic carbocycles. The van der Waals surface area contributed by atoms with Gasteiger partial charge in [0.1, 0.15) is 0 Å². The van der Waals surface area contributed by atoms with Crippen molar-refractivity contribution in [2.45, 2.75) is 193 Å². The van der Waals surface area contributed by atoms with E-state index in [4.69, 9.17) is 23.4 Å². The van der Waals surface area contributed by atoms with Crippen LogP contribution in [-0.4, -0.2) is 88.8 Å². The fraction of sp³-hybridized carbons (Fsp3) is 0.850. The molecule has 0 aromatic heterocycles. The van der Waals surface area contributed by atoms with E-state index >= 15 is 0 Å². The number of nitrogens with two attached hydrogens (primary N) is 1. The van der Waals surface area contributed by atoms with Crippen LogP contribution in [0, 0.1) is 0 Å². The minimum absolute atomic E-state index is 0.0443. The summed E-state index contributed by atoms with van der Waals surface area (Å²) in [5, 5.41) is 0.278. The number of piperidine rings is 1. The van der Waals surface area contributed by atoms with E-state index in [1.807, 2.05) is 0 Å². The van der Waals surface area contributed by atoms with E-state index in [1.165, 1.54) is 11.1 Å². The highest BCUT2D eigenvalue weighted by atomic mass is 28.4. The minimum atomic E-state index is -2.25. The molecule has 1 heterocycles. The van der Waals surface area contributed by atoms with Crippen LogP contribution in [-0.2, 0) is 30.5 Å². The van der Waals surface area contributed by atoms with Crippen LogP contribution in [0.5, 0.6) is 0 Å². The normalized spacial score (nSPS) is 22.7. The summed E-state index contributed by atoms with van der Waals surface area (Å²) in [6, 6.07) is 9.10. The van der Waals surface area contributed by atoms with E-state index in [-0.39, 0.29) is 44.5 Å². The molecule has 10 heteroatoms. The number of hydrogen-bond acceptors (Lipinski definition) is 6. The van der Waals surface area contributed by atoms with E-state index in [1.54, 1.807) is 0 Å². The van der Waals surface area contributed by atoms with Gasteiger partial charge in [0.25, 0.3) is 0 Å². The SMILES string of the molecule is CC(C)(C)[Si](C)(C)OC[C@@H]1C(O[Si](C)(C)C(C)(C)C)C(O[Si](C)(C)C(C)(C)C)C(O[Si](C)(C)C(C)(C)C)CN1CCc1ccc(CCN)cc1. The number of benzene rings is 1. The smallest absolute Gasteiger partial charge is 0.192 e. The zero-order valence-corrected chi connectivity index (χ0v) is 40.5. The molecule has 0 amide bonds. The third kappa shape index (κ3) is 11.7. The van der Waals surface area contributed by atoms with Crippen LogP contribution in [0.4, 0.5) is 0 Å². The molecular weight excluding hydrogens is 685 g/mol. The number of hydrogen-bond donors (Lipinski definition) is 1. The van der Waals surface area contributed by atoms with Crippen LogP contribution in [0.25, 0.3) is 0 Å². The fourth-order valence-corrected chi connectivity index (χ4v) is 10.4. The Bertz CT molecular complexity index is 1210. The lowest BCUT2D eigenvalue weighted by atomic mass is 9.93. The quantitative estimate of drug-likeness (QED) is 0.190. The van der Waals surface area contributed by atoms with Crippen molar-refractivity contribution in [1.82, 2.24) is 4.90 Å². The summed E-state index contributed by atoms with van der Waals surface area (Å²) in [7, 11) is -8.72. The molecular formula is C40H82N2O4Si4. The van der Waals surface area contributed by atoms with Crippen molar-refractivity contribution in [1.29, 1.82) is 0 Å². The van der Waals surface area contributed by atoms with Gasteiger partial charge in [-0.3, -0.25) is 4.90 Å². The Morgan fingerprint density at radius 2 is 0.960 bits per heavy atom. The van der Waals surface area contributed by atoms with Gasteiger partial charge in [-0.2, -0.15) is 0 Å². The molecule has 1 aliphatic rings. The standard InChI is InChI=1S/C40H82N2O4Si4/c1-37(2,3)47(13,14)43-30-33-35(45-49(17,18)39(7,8)9)36(46-50(19,20)40(10,11)12)34(44-48(15,16)38(4,5)6)29-42(33)28-26-32-23-21-31(22-24-32)25-27-41/h21-24,33-36H,25-30,41H2,1-20H3/t33-,34?,35?,36?/m1/s1. The van der Waals surface area contributed by atoms with Gasteiger partial charge in [-0.15, -0.1) is 0 Å². The lowest BCUT2D eigenvalue weighted by Gasteiger charge is -2.56. The first kappa shape index (κ1) is 46.0. The molecule has 1 fully saturated rings. The molecule has 3 unspecified atom stereocenters. The van der Waals surface area contributed by atoms with Crippen molar-refractivity contribution in [3.63, 3.8) is 0 Å². The summed E-state index contributed by atoms with van der Waals surface area (Å²) < 4.78 is 30.0. The Kier molecular flexibility index (Phi) is 15.0. The van der Waals surface area contributed by atoms with Gasteiger partial charge in [0, 0.05) is 13.1 Å². The highest BCUT2D eigenvalue weighted by Crippen LogP contribution is 2.46. The van der Waals surface area contributed by atoms with Crippen LogP contribution in [0.15, 0.2) is 24.3 Å². The summed E-state index contributed by atoms with van der Waals surface area (Å²) in [4.78, 5) is 2.67. The van der Waals surface area contributed by atoms with Gasteiger partial charge in [0.2, 0.25) is 0 Å². The van der Waals surface area contributed by atoms with Gasteiger partial charge in [0.15, 0.2) is 33.3 Å². The van der Waals surface area contributed by atoms with Crippen LogP contribution >= 0.6 is 0 Å². The van der Waals surface area contributed by atoms with Crippen molar-refractivity contribution >= 4 is 33.3 Å². The second kappa shape index (κ2) is 16.3. The molecule has 292 valence electrons. The second-order valence-corrected chi connectivity index (χ2v) is 40.4. The van der Waals surface area contributed by atoms with Crippen molar-refractivity contribution in [3.05, 3.63) is 35.4 Å². The molecule has 0 radical (unpaired) electrons. The minimum Gasteiger partial charge on any atom is -0.415 e. The van der Waals surface area contributed by atoms with Gasteiger partial charge in [-0.25, -0.2) is 0 Å². The van der Waals surface area contributed by atoms with Gasteiger partial charge >= 0.3 is 0 Å². The monoisotopic (exact) mass is 767 g/mol. The first-order valence-corrected chi connectivity index (χ1v) is 31.1. The Balaban J connectivity index is 2.80. The van der Waals surface area contributed by atoms with Crippen LogP contribution in [0.3, 0.4) is 0 Å². The van der Waals surface area contributed by atoms with Crippen molar-refractivity contribution in [2.75, 3.05) is 26.2 Å². The summed E-state index contributed by atoms with van der Waals surface area (Å²) in [6.07, 6.45) is 1.40. The first-order chi connectivity index (χ1) is 22.3. The number of rotatable bonds is 14. The molecule has 2 rings (SSSR count). The Labute approximate surface area is 314 Å². The maximum Gasteiger partial charge on any atom is 0.192 e. The van der Waals surface area contributed by atoms with Crippen LogP contribution < -0.4 is 5.73 Å². The number of nitrogens with zero attached hydrogens (tertiary/aromatic N) is 1. The average molecular weight is 767 g/mol. The summed E-state index contributed by atoms with van der Waals surface area (Å²) in [5.41, 5.74) is 8.50. The van der Waals surface area contributed by atoms with Crippen LogP contribution in [0.1, 0.15) is 94.2 Å². The summed E-state index contributed by atoms with van der Waals surface area (Å²) >= 11 is 0. The predicted molar refractivity (Wildman–Crippen MR) is 228 cm³/mol. The molecule has 2 N–H and O–H groups in total. The highest BCUT2D eigenvalue weighted by molar-refractivity contribution is 6.75. The molecule has 4 atom stereocenters. The number of likely N-dealkylation sites (tertiary alicyclic amines) is 1.